The van der Waals surface area contributed by atoms with Gasteiger partial charge in [-0.2, -0.15) is 0 Å². The molecule has 0 amide bonds. The Morgan fingerprint density at radius 3 is 2.42 bits per heavy atom. The van der Waals surface area contributed by atoms with Crippen molar-refractivity contribution in [1.82, 2.24) is 4.98 Å². The summed E-state index contributed by atoms with van der Waals surface area (Å²) in [5, 5.41) is 8.63. The Bertz CT molecular complexity index is 633. The third-order valence-electron chi connectivity index (χ3n) is 2.31. The van der Waals surface area contributed by atoms with Crippen LogP contribution in [-0.4, -0.2) is 16.2 Å². The maximum Gasteiger partial charge on any atom is 0.512 e. The summed E-state index contributed by atoms with van der Waals surface area (Å²) in [5.74, 6) is -0.296. The van der Waals surface area contributed by atoms with Crippen molar-refractivity contribution in [3.8, 4) is 17.1 Å². The smallest absolute Gasteiger partial charge is 0.449 e. The van der Waals surface area contributed by atoms with E-state index in [9.17, 15) is 4.79 Å². The first-order valence-electron chi connectivity index (χ1n) is 5.11. The second kappa shape index (κ2) is 5.34. The van der Waals surface area contributed by atoms with Gasteiger partial charge in [-0.1, -0.05) is 53.5 Å². The molecule has 0 unspecified atom stereocenters. The first-order valence-corrected chi connectivity index (χ1v) is 5.87. The fourth-order valence-electron chi connectivity index (χ4n) is 1.48. The van der Waals surface area contributed by atoms with Crippen molar-refractivity contribution >= 4 is 35.0 Å². The van der Waals surface area contributed by atoms with Gasteiger partial charge < -0.3 is 15.6 Å². The third kappa shape index (κ3) is 2.72. The van der Waals surface area contributed by atoms with E-state index in [1.165, 1.54) is 0 Å². The molecule has 3 N–H and O–H groups in total. The van der Waals surface area contributed by atoms with E-state index in [1.807, 2.05) is 6.07 Å². The number of nitrogens with zero attached hydrogens (tertiary/aromatic N) is 1. The largest absolute Gasteiger partial charge is 0.512 e. The lowest BCUT2D eigenvalue weighted by Gasteiger charge is -2.11. The Kier molecular flexibility index (Phi) is 3.78. The standard InChI is InChI=1S/C12H8Cl2N2O3/c13-7-9(15)8(14)11(19-12(17)18)16-10(7)6-4-2-1-3-5-6/h1-5H,(H2,15,16)(H,17,18). The van der Waals surface area contributed by atoms with Gasteiger partial charge in [-0.25, -0.2) is 9.78 Å². The summed E-state index contributed by atoms with van der Waals surface area (Å²) in [6.45, 7) is 0. The Morgan fingerprint density at radius 2 is 1.84 bits per heavy atom. The van der Waals surface area contributed by atoms with E-state index in [0.717, 1.165) is 0 Å². The van der Waals surface area contributed by atoms with Gasteiger partial charge in [0.1, 0.15) is 5.02 Å². The fourth-order valence-corrected chi connectivity index (χ4v) is 1.95. The van der Waals surface area contributed by atoms with Gasteiger partial charge in [0.2, 0.25) is 5.88 Å². The number of ether oxygens (including phenoxy) is 1. The van der Waals surface area contributed by atoms with Crippen LogP contribution in [0.3, 0.4) is 0 Å². The molecule has 0 saturated heterocycles. The van der Waals surface area contributed by atoms with Crippen molar-refractivity contribution in [2.45, 2.75) is 0 Å². The highest BCUT2D eigenvalue weighted by atomic mass is 35.5. The number of carboxylic acid groups (broad SMARTS) is 1. The summed E-state index contributed by atoms with van der Waals surface area (Å²) in [6, 6.07) is 8.91. The van der Waals surface area contributed by atoms with Gasteiger partial charge in [-0.3, -0.25) is 0 Å². The predicted molar refractivity (Wildman–Crippen MR) is 72.8 cm³/mol. The number of benzene rings is 1. The molecule has 0 fully saturated rings. The van der Waals surface area contributed by atoms with Gasteiger partial charge in [-0.05, 0) is 0 Å². The van der Waals surface area contributed by atoms with E-state index < -0.39 is 6.16 Å². The molecule has 0 spiro atoms. The number of halogens is 2. The maximum atomic E-state index is 10.6. The lowest BCUT2D eigenvalue weighted by atomic mass is 10.1. The molecule has 0 aliphatic heterocycles. The van der Waals surface area contributed by atoms with E-state index in [-0.39, 0.29) is 21.6 Å². The Balaban J connectivity index is 2.62. The predicted octanol–water partition coefficient (Wildman–Crippen LogP) is 3.69. The lowest BCUT2D eigenvalue weighted by molar-refractivity contribution is 0.142. The number of rotatable bonds is 2. The van der Waals surface area contributed by atoms with Gasteiger partial charge in [0.15, 0.2) is 0 Å². The number of hydrogen-bond donors (Lipinski definition) is 2. The summed E-state index contributed by atoms with van der Waals surface area (Å²) >= 11 is 11.9. The van der Waals surface area contributed by atoms with Gasteiger partial charge in [0.25, 0.3) is 0 Å². The molecule has 19 heavy (non-hydrogen) atoms. The molecule has 0 radical (unpaired) electrons. The van der Waals surface area contributed by atoms with Crippen LogP contribution < -0.4 is 10.5 Å². The molecule has 1 heterocycles. The zero-order chi connectivity index (χ0) is 14.0. The first-order chi connectivity index (χ1) is 9.00. The monoisotopic (exact) mass is 298 g/mol. The second-order valence-electron chi connectivity index (χ2n) is 3.54. The van der Waals surface area contributed by atoms with Crippen molar-refractivity contribution in [2.75, 3.05) is 5.73 Å². The average molecular weight is 299 g/mol. The number of nitrogens with two attached hydrogens (primary N) is 1. The number of nitrogen functional groups attached to an aromatic ring is 1. The molecule has 7 heteroatoms. The third-order valence-corrected chi connectivity index (χ3v) is 3.06. The molecule has 5 nitrogen and oxygen atoms in total. The molecule has 0 saturated carbocycles. The minimum Gasteiger partial charge on any atom is -0.449 e. The van der Waals surface area contributed by atoms with Crippen molar-refractivity contribution in [3.05, 3.63) is 40.4 Å². The molecular formula is C12H8Cl2N2O3. The van der Waals surface area contributed by atoms with Crippen LogP contribution >= 0.6 is 23.2 Å². The van der Waals surface area contributed by atoms with Gasteiger partial charge >= 0.3 is 6.16 Å². The average Bonchev–Trinajstić information content (AvgIpc) is 2.40. The highest BCUT2D eigenvalue weighted by Gasteiger charge is 2.19. The number of anilines is 1. The molecule has 0 atom stereocenters. The Hall–Kier alpha value is -1.98. The first kappa shape index (κ1) is 13.5. The molecule has 2 aromatic rings. The Morgan fingerprint density at radius 1 is 1.21 bits per heavy atom. The van der Waals surface area contributed by atoms with Crippen LogP contribution in [0.4, 0.5) is 10.5 Å². The van der Waals surface area contributed by atoms with Crippen LogP contribution in [0.15, 0.2) is 30.3 Å². The van der Waals surface area contributed by atoms with Crippen LogP contribution in [0.2, 0.25) is 10.0 Å². The van der Waals surface area contributed by atoms with Crippen molar-refractivity contribution in [2.24, 2.45) is 0 Å². The topological polar surface area (TPSA) is 85.4 Å². The van der Waals surface area contributed by atoms with Crippen LogP contribution in [-0.2, 0) is 0 Å². The molecule has 0 aliphatic carbocycles. The van der Waals surface area contributed by atoms with E-state index in [2.05, 4.69) is 9.72 Å². The van der Waals surface area contributed by atoms with E-state index in [0.29, 0.717) is 11.3 Å². The minimum atomic E-state index is -1.53. The molecular weight excluding hydrogens is 291 g/mol. The summed E-state index contributed by atoms with van der Waals surface area (Å²) in [4.78, 5) is 14.6. The number of hydrogen-bond acceptors (Lipinski definition) is 4. The minimum absolute atomic E-state index is 0.0217. The van der Waals surface area contributed by atoms with Crippen molar-refractivity contribution in [3.63, 3.8) is 0 Å². The summed E-state index contributed by atoms with van der Waals surface area (Å²) in [7, 11) is 0. The molecule has 1 aromatic heterocycles. The Labute approximate surface area is 118 Å². The van der Waals surface area contributed by atoms with Crippen LogP contribution in [0.5, 0.6) is 5.88 Å². The van der Waals surface area contributed by atoms with Crippen molar-refractivity contribution in [1.29, 1.82) is 0 Å². The van der Waals surface area contributed by atoms with E-state index in [4.69, 9.17) is 34.0 Å². The zero-order valence-electron chi connectivity index (χ0n) is 9.43. The number of aromatic nitrogens is 1. The summed E-state index contributed by atoms with van der Waals surface area (Å²) in [6.07, 6.45) is -1.53. The van der Waals surface area contributed by atoms with E-state index >= 15 is 0 Å². The van der Waals surface area contributed by atoms with E-state index in [1.54, 1.807) is 24.3 Å². The maximum absolute atomic E-state index is 10.6. The zero-order valence-corrected chi connectivity index (χ0v) is 10.9. The highest BCUT2D eigenvalue weighted by molar-refractivity contribution is 6.41. The molecule has 0 bridgehead atoms. The quantitative estimate of drug-likeness (QED) is 0.826. The highest BCUT2D eigenvalue weighted by Crippen LogP contribution is 2.40. The number of pyridine rings is 1. The molecule has 98 valence electrons. The van der Waals surface area contributed by atoms with Crippen molar-refractivity contribution < 1.29 is 14.6 Å². The number of carbonyl (C=O) groups is 1. The van der Waals surface area contributed by atoms with Crippen LogP contribution in [0, 0.1) is 0 Å². The fraction of sp³-hybridized carbons (Fsp3) is 0. The normalized spacial score (nSPS) is 10.2. The van der Waals surface area contributed by atoms with Gasteiger partial charge in [-0.15, -0.1) is 0 Å². The SMILES string of the molecule is Nc1c(Cl)c(OC(=O)O)nc(-c2ccccc2)c1Cl. The van der Waals surface area contributed by atoms with Gasteiger partial charge in [0, 0.05) is 5.56 Å². The molecule has 2 rings (SSSR count). The molecule has 0 aliphatic rings. The summed E-state index contributed by atoms with van der Waals surface area (Å²) in [5.41, 5.74) is 6.72. The van der Waals surface area contributed by atoms with Crippen LogP contribution in [0.25, 0.3) is 11.3 Å². The van der Waals surface area contributed by atoms with Gasteiger partial charge in [0.05, 0.1) is 16.4 Å². The second-order valence-corrected chi connectivity index (χ2v) is 4.30. The summed E-state index contributed by atoms with van der Waals surface area (Å²) < 4.78 is 4.48. The van der Waals surface area contributed by atoms with Crippen LogP contribution in [0.1, 0.15) is 0 Å². The lowest BCUT2D eigenvalue weighted by Crippen LogP contribution is -2.07. The molecule has 1 aromatic carbocycles.